The molecule has 2 aromatic rings. The second-order valence-corrected chi connectivity index (χ2v) is 12.0. The van der Waals surface area contributed by atoms with Crippen LogP contribution in [0.25, 0.3) is 10.8 Å². The van der Waals surface area contributed by atoms with Crippen molar-refractivity contribution in [3.05, 3.63) is 59.5 Å². The lowest BCUT2D eigenvalue weighted by Gasteiger charge is -2.42. The zero-order chi connectivity index (χ0) is 27.5. The van der Waals surface area contributed by atoms with Crippen LogP contribution in [-0.4, -0.2) is 61.2 Å². The summed E-state index contributed by atoms with van der Waals surface area (Å²) in [7, 11) is 1.74. The van der Waals surface area contributed by atoms with Crippen LogP contribution in [0.4, 0.5) is 5.69 Å². The first kappa shape index (κ1) is 27.6. The van der Waals surface area contributed by atoms with Crippen molar-refractivity contribution < 1.29 is 9.84 Å². The van der Waals surface area contributed by atoms with Gasteiger partial charge in [0.25, 0.3) is 0 Å². The van der Waals surface area contributed by atoms with Crippen molar-refractivity contribution >= 4 is 22.3 Å². The molecule has 3 heterocycles. The molecule has 210 valence electrons. The van der Waals surface area contributed by atoms with E-state index < -0.39 is 0 Å². The fourth-order valence-electron chi connectivity index (χ4n) is 6.71. The number of anilines is 1. The van der Waals surface area contributed by atoms with Gasteiger partial charge < -0.3 is 25.0 Å². The number of methoxy groups -OCH3 is 1. The Bertz CT molecular complexity index is 1250. The van der Waals surface area contributed by atoms with Crippen LogP contribution in [0.5, 0.6) is 5.75 Å². The van der Waals surface area contributed by atoms with E-state index in [9.17, 15) is 5.11 Å². The van der Waals surface area contributed by atoms with Gasteiger partial charge in [-0.05, 0) is 73.1 Å². The Balaban J connectivity index is 1.49. The summed E-state index contributed by atoms with van der Waals surface area (Å²) in [6, 6.07) is 13.1. The average molecular weight is 531 g/mol. The molecule has 3 aliphatic heterocycles. The van der Waals surface area contributed by atoms with Crippen LogP contribution in [0.1, 0.15) is 59.8 Å². The number of nitrogens with zero attached hydrogens (tertiary/aromatic N) is 3. The first-order chi connectivity index (χ1) is 18.9. The summed E-state index contributed by atoms with van der Waals surface area (Å²) < 4.78 is 5.77. The largest absolute Gasteiger partial charge is 0.508 e. The van der Waals surface area contributed by atoms with Crippen molar-refractivity contribution in [1.82, 2.24) is 10.2 Å². The third-order valence-corrected chi connectivity index (χ3v) is 8.98. The molecular formula is C33H46N4O2. The summed E-state index contributed by atoms with van der Waals surface area (Å²) in [4.78, 5) is 10.2. The zero-order valence-electron chi connectivity index (χ0n) is 24.4. The number of piperazine rings is 1. The van der Waals surface area contributed by atoms with E-state index in [0.29, 0.717) is 17.8 Å². The molecule has 2 aromatic carbocycles. The van der Waals surface area contributed by atoms with E-state index in [1.54, 1.807) is 7.11 Å². The maximum Gasteiger partial charge on any atom is 0.210 e. The molecule has 0 radical (unpaired) electrons. The highest BCUT2D eigenvalue weighted by Gasteiger charge is 2.36. The molecule has 2 fully saturated rings. The molecule has 0 aromatic heterocycles. The summed E-state index contributed by atoms with van der Waals surface area (Å²) in [5.74, 6) is 3.59. The fraction of sp³-hybridized carbons (Fsp3) is 0.545. The second kappa shape index (κ2) is 12.0. The molecule has 5 rings (SSSR count). The van der Waals surface area contributed by atoms with Gasteiger partial charge in [-0.1, -0.05) is 51.5 Å². The van der Waals surface area contributed by atoms with Crippen molar-refractivity contribution in [2.24, 2.45) is 16.8 Å². The van der Waals surface area contributed by atoms with Crippen molar-refractivity contribution in [2.75, 3.05) is 38.2 Å². The maximum atomic E-state index is 10.5. The third kappa shape index (κ3) is 6.11. The van der Waals surface area contributed by atoms with Crippen LogP contribution in [0.3, 0.4) is 0 Å². The molecule has 6 heteroatoms. The van der Waals surface area contributed by atoms with Crippen LogP contribution in [0, 0.1) is 11.8 Å². The number of allylic oxidation sites excluding steroid dienone is 1. The highest BCUT2D eigenvalue weighted by atomic mass is 16.5. The minimum atomic E-state index is 0.316. The van der Waals surface area contributed by atoms with E-state index >= 15 is 0 Å². The normalized spacial score (nSPS) is 26.7. The van der Waals surface area contributed by atoms with Gasteiger partial charge in [0.1, 0.15) is 11.6 Å². The Morgan fingerprint density at radius 2 is 1.85 bits per heavy atom. The molecule has 6 nitrogen and oxygen atoms in total. The van der Waals surface area contributed by atoms with E-state index in [2.05, 4.69) is 67.1 Å². The number of nitrogens with one attached hydrogen (secondary N) is 1. The van der Waals surface area contributed by atoms with Gasteiger partial charge in [-0.3, -0.25) is 0 Å². The number of aromatic hydroxyl groups is 1. The van der Waals surface area contributed by atoms with Gasteiger partial charge in [-0.25, -0.2) is 0 Å². The Morgan fingerprint density at radius 1 is 1.13 bits per heavy atom. The van der Waals surface area contributed by atoms with Gasteiger partial charge in [0, 0.05) is 55.4 Å². The molecule has 0 saturated carbocycles. The molecule has 2 N–H and O–H groups in total. The molecule has 0 spiro atoms. The number of ether oxygens (including phenoxy) is 1. The smallest absolute Gasteiger partial charge is 0.210 e. The van der Waals surface area contributed by atoms with Gasteiger partial charge in [0.05, 0.1) is 7.11 Å². The number of fused-ring (bicyclic) bond motifs is 3. The first-order valence-corrected chi connectivity index (χ1v) is 14.9. The second-order valence-electron chi connectivity index (χ2n) is 12.0. The molecule has 0 amide bonds. The minimum absolute atomic E-state index is 0.316. The van der Waals surface area contributed by atoms with Crippen molar-refractivity contribution in [3.8, 4) is 5.75 Å². The highest BCUT2D eigenvalue weighted by Crippen LogP contribution is 2.35. The van der Waals surface area contributed by atoms with Crippen LogP contribution in [-0.2, 0) is 4.74 Å². The van der Waals surface area contributed by atoms with E-state index in [0.717, 1.165) is 80.1 Å². The van der Waals surface area contributed by atoms with Gasteiger partial charge in [0.2, 0.25) is 5.88 Å². The summed E-state index contributed by atoms with van der Waals surface area (Å²) in [6.07, 6.45) is 7.48. The van der Waals surface area contributed by atoms with E-state index in [4.69, 9.17) is 9.73 Å². The van der Waals surface area contributed by atoms with E-state index in [-0.39, 0.29) is 0 Å². The van der Waals surface area contributed by atoms with Crippen LogP contribution in [0.2, 0.25) is 0 Å². The SMILES string of the molecule is CCC/C=C(/N=C(\C1=C(C)CN(c2cc(O)cc3ccccc23)CC1)N1C[C@H]2C[C@H](C)C(C)C[C@@H](C1)N2)OC. The third-order valence-electron chi connectivity index (χ3n) is 8.98. The molecule has 1 unspecified atom stereocenters. The highest BCUT2D eigenvalue weighted by molar-refractivity contribution is 6.01. The fourth-order valence-corrected chi connectivity index (χ4v) is 6.71. The Morgan fingerprint density at radius 3 is 2.51 bits per heavy atom. The summed E-state index contributed by atoms with van der Waals surface area (Å²) >= 11 is 0. The summed E-state index contributed by atoms with van der Waals surface area (Å²) in [6.45, 7) is 12.9. The van der Waals surface area contributed by atoms with Crippen molar-refractivity contribution in [3.63, 3.8) is 0 Å². The lowest BCUT2D eigenvalue weighted by Crippen LogP contribution is -2.57. The van der Waals surface area contributed by atoms with E-state index in [1.165, 1.54) is 29.4 Å². The number of hydrogen-bond acceptors (Lipinski definition) is 5. The molecular weight excluding hydrogens is 484 g/mol. The average Bonchev–Trinajstić information content (AvgIpc) is 3.02. The Hall–Kier alpha value is -2.99. The number of benzene rings is 2. The zero-order valence-corrected chi connectivity index (χ0v) is 24.4. The number of phenols is 1. The van der Waals surface area contributed by atoms with Gasteiger partial charge in [0.15, 0.2) is 0 Å². The minimum Gasteiger partial charge on any atom is -0.508 e. The van der Waals surface area contributed by atoms with E-state index in [1.807, 2.05) is 18.2 Å². The number of amidine groups is 1. The van der Waals surface area contributed by atoms with Gasteiger partial charge in [-0.15, -0.1) is 0 Å². The number of hydrogen-bond donors (Lipinski definition) is 2. The van der Waals surface area contributed by atoms with Crippen molar-refractivity contribution in [2.45, 2.75) is 71.9 Å². The monoisotopic (exact) mass is 530 g/mol. The number of unbranched alkanes of at least 4 members (excludes halogenated alkanes) is 1. The lowest BCUT2D eigenvalue weighted by molar-refractivity contribution is 0.229. The Kier molecular flexibility index (Phi) is 8.51. The Labute approximate surface area is 234 Å². The summed E-state index contributed by atoms with van der Waals surface area (Å²) in [5, 5.41) is 16.6. The topological polar surface area (TPSA) is 60.3 Å². The number of aliphatic imine (C=N–C) groups is 1. The first-order valence-electron chi connectivity index (χ1n) is 14.9. The molecule has 0 aliphatic carbocycles. The quantitative estimate of drug-likeness (QED) is 0.255. The molecule has 4 atom stereocenters. The standard InChI is InChI=1S/C33H46N4O2/c1-6-7-12-32(39-5)35-33(37-20-26-15-22(2)23(3)16-27(21-37)34-26)29-13-14-36(19-24(29)4)31-18-28(38)17-25-10-8-9-11-30(25)31/h8-12,17-18,22-23,26-27,34,38H,6-7,13-16,19-21H2,1-5H3/b32-12-,35-33+/t22-,23?,26+,27-/m0/s1. The van der Waals surface area contributed by atoms with Crippen LogP contribution in [0.15, 0.2) is 64.5 Å². The van der Waals surface area contributed by atoms with Crippen LogP contribution < -0.4 is 10.2 Å². The number of phenolic OH excluding ortho intramolecular Hbond substituents is 1. The van der Waals surface area contributed by atoms with Gasteiger partial charge in [-0.2, -0.15) is 4.99 Å². The van der Waals surface area contributed by atoms with Crippen molar-refractivity contribution in [1.29, 1.82) is 0 Å². The molecule has 2 saturated heterocycles. The number of rotatable bonds is 6. The predicted octanol–water partition coefficient (Wildman–Crippen LogP) is 6.47. The molecule has 3 aliphatic rings. The lowest BCUT2D eigenvalue weighted by atomic mass is 9.89. The molecule has 2 bridgehead atoms. The summed E-state index contributed by atoms with van der Waals surface area (Å²) in [5.41, 5.74) is 3.77. The van der Waals surface area contributed by atoms with Crippen LogP contribution >= 0.6 is 0 Å². The molecule has 39 heavy (non-hydrogen) atoms. The predicted molar refractivity (Wildman–Crippen MR) is 162 cm³/mol. The van der Waals surface area contributed by atoms with Gasteiger partial charge >= 0.3 is 0 Å². The maximum absolute atomic E-state index is 10.5.